The van der Waals surface area contributed by atoms with Crippen LogP contribution in [0.5, 0.6) is 0 Å². The number of nitrogens with zero attached hydrogens (tertiary/aromatic N) is 5. The number of imidazole rings is 1. The lowest BCUT2D eigenvalue weighted by Crippen LogP contribution is -2.50. The Morgan fingerprint density at radius 3 is 2.77 bits per heavy atom. The molecule has 0 amide bonds. The van der Waals surface area contributed by atoms with Crippen LogP contribution in [0.15, 0.2) is 23.4 Å². The third-order valence-corrected chi connectivity index (χ3v) is 8.83. The fourth-order valence-electron chi connectivity index (χ4n) is 4.12. The molecule has 0 radical (unpaired) electrons. The zero-order valence-corrected chi connectivity index (χ0v) is 21.1. The first kappa shape index (κ1) is 24.4. The Hall–Kier alpha value is -2.26. The van der Waals surface area contributed by atoms with Crippen LogP contribution in [0.1, 0.15) is 38.1 Å². The van der Waals surface area contributed by atoms with Gasteiger partial charge in [-0.25, -0.2) is 26.9 Å². The molecule has 35 heavy (non-hydrogen) atoms. The molecule has 1 saturated carbocycles. The molecule has 2 atom stereocenters. The largest absolute Gasteiger partial charge is 0.382 e. The van der Waals surface area contributed by atoms with Crippen LogP contribution < -0.4 is 9.62 Å². The molecular formula is C21H26F2N6O4S2. The molecule has 1 aromatic carbocycles. The van der Waals surface area contributed by atoms with Gasteiger partial charge in [0.05, 0.1) is 35.4 Å². The third kappa shape index (κ3) is 4.77. The number of morpholine rings is 1. The van der Waals surface area contributed by atoms with Gasteiger partial charge in [0.25, 0.3) is 6.43 Å². The van der Waals surface area contributed by atoms with Crippen LogP contribution in [0.3, 0.4) is 0 Å². The summed E-state index contributed by atoms with van der Waals surface area (Å²) in [5.74, 6) is 0. The summed E-state index contributed by atoms with van der Waals surface area (Å²) in [6.07, 6.45) is 0.0271. The number of anilines is 1. The van der Waals surface area contributed by atoms with Gasteiger partial charge in [0.1, 0.15) is 11.8 Å². The second-order valence-electron chi connectivity index (χ2n) is 9.23. The average molecular weight is 529 g/mol. The van der Waals surface area contributed by atoms with Crippen LogP contribution in [0.25, 0.3) is 16.2 Å². The van der Waals surface area contributed by atoms with E-state index in [-0.39, 0.29) is 22.2 Å². The van der Waals surface area contributed by atoms with E-state index in [1.807, 2.05) is 13.8 Å². The number of alkyl halides is 2. The predicted molar refractivity (Wildman–Crippen MR) is 126 cm³/mol. The second kappa shape index (κ2) is 9.00. The van der Waals surface area contributed by atoms with Crippen LogP contribution in [0.2, 0.25) is 0 Å². The number of ether oxygens (including phenoxy) is 2. The van der Waals surface area contributed by atoms with E-state index in [1.54, 1.807) is 13.2 Å². The number of halogens is 2. The van der Waals surface area contributed by atoms with Crippen molar-refractivity contribution in [2.24, 2.45) is 0 Å². The second-order valence-corrected chi connectivity index (χ2v) is 11.9. The molecule has 14 heteroatoms. The molecule has 1 aliphatic carbocycles. The van der Waals surface area contributed by atoms with Gasteiger partial charge in [-0.15, -0.1) is 10.2 Å². The Kier molecular flexibility index (Phi) is 6.28. The minimum absolute atomic E-state index is 0.0599. The lowest BCUT2D eigenvalue weighted by molar-refractivity contribution is -0.0221. The Morgan fingerprint density at radius 1 is 1.34 bits per heavy atom. The van der Waals surface area contributed by atoms with Crippen molar-refractivity contribution < 1.29 is 26.7 Å². The van der Waals surface area contributed by atoms with E-state index in [2.05, 4.69) is 24.8 Å². The van der Waals surface area contributed by atoms with Gasteiger partial charge in [-0.2, -0.15) is 0 Å². The molecule has 190 valence electrons. The van der Waals surface area contributed by atoms with E-state index in [1.165, 1.54) is 17.0 Å². The van der Waals surface area contributed by atoms with Crippen molar-refractivity contribution in [3.8, 4) is 5.13 Å². The molecule has 10 nitrogen and oxygen atoms in total. The Morgan fingerprint density at radius 2 is 2.11 bits per heavy atom. The minimum Gasteiger partial charge on any atom is -0.382 e. The van der Waals surface area contributed by atoms with Crippen LogP contribution >= 0.6 is 11.3 Å². The smallest absolute Gasteiger partial charge is 0.291 e. The molecule has 2 aromatic heterocycles. The molecule has 0 unspecified atom stereocenters. The molecule has 3 heterocycles. The number of nitrogens with one attached hydrogen (secondary N) is 1. The molecule has 2 fully saturated rings. The van der Waals surface area contributed by atoms with Crippen molar-refractivity contribution in [3.05, 3.63) is 23.5 Å². The lowest BCUT2D eigenvalue weighted by atomic mass is 10.1. The first-order valence-electron chi connectivity index (χ1n) is 11.1. The van der Waals surface area contributed by atoms with E-state index in [9.17, 15) is 17.2 Å². The molecule has 2 aliphatic rings. The van der Waals surface area contributed by atoms with Gasteiger partial charge in [0, 0.05) is 25.2 Å². The van der Waals surface area contributed by atoms with Gasteiger partial charge in [-0.05, 0) is 38.8 Å². The summed E-state index contributed by atoms with van der Waals surface area (Å²) in [7, 11) is -2.26. The molecule has 1 N–H and O–H groups in total. The number of hydrogen-bond acceptors (Lipinski definition) is 9. The number of sulfonamides is 1. The van der Waals surface area contributed by atoms with Crippen molar-refractivity contribution in [2.75, 3.05) is 31.8 Å². The van der Waals surface area contributed by atoms with Gasteiger partial charge >= 0.3 is 0 Å². The van der Waals surface area contributed by atoms with Gasteiger partial charge in [0.15, 0.2) is 5.01 Å². The average Bonchev–Trinajstić information content (AvgIpc) is 3.18. The summed E-state index contributed by atoms with van der Waals surface area (Å²) in [5.41, 5.74) is 1.11. The highest BCUT2D eigenvalue weighted by Crippen LogP contribution is 2.38. The highest BCUT2D eigenvalue weighted by molar-refractivity contribution is 7.89. The SMILES string of the molecule is COC[C@H]1CN(c2cc(S(=O)(=O)NC3(C)CC3)cc3c2ncn3-c2nnc(C(F)F)s2)[C@@H](C)CO1. The standard InChI is InChI=1S/C21H26F2N6O4S2/c1-12-9-33-13(10-32-3)8-28(12)15-6-14(35(30,31)27-21(2)4-5-21)7-16-17(15)24-11-29(16)20-26-25-19(34-20)18(22)23/h6-7,11-13,18,27H,4-5,8-10H2,1-3H3/t12-,13+/m0/s1. The highest BCUT2D eigenvalue weighted by Gasteiger charge is 2.41. The maximum absolute atomic E-state index is 13.3. The summed E-state index contributed by atoms with van der Waals surface area (Å²) < 4.78 is 68.4. The lowest BCUT2D eigenvalue weighted by Gasteiger charge is -2.39. The van der Waals surface area contributed by atoms with Crippen molar-refractivity contribution >= 4 is 38.1 Å². The van der Waals surface area contributed by atoms with Gasteiger partial charge in [-0.1, -0.05) is 11.3 Å². The van der Waals surface area contributed by atoms with E-state index >= 15 is 0 Å². The van der Waals surface area contributed by atoms with Crippen LogP contribution in [-0.2, 0) is 19.5 Å². The molecule has 1 aliphatic heterocycles. The number of fused-ring (bicyclic) bond motifs is 1. The maximum atomic E-state index is 13.3. The fourth-order valence-corrected chi connectivity index (χ4v) is 6.31. The molecular weight excluding hydrogens is 502 g/mol. The van der Waals surface area contributed by atoms with Crippen molar-refractivity contribution in [1.82, 2.24) is 24.5 Å². The van der Waals surface area contributed by atoms with Crippen LogP contribution in [0.4, 0.5) is 14.5 Å². The summed E-state index contributed by atoms with van der Waals surface area (Å²) in [4.78, 5) is 6.64. The Balaban J connectivity index is 1.65. The van der Waals surface area contributed by atoms with Crippen molar-refractivity contribution in [3.63, 3.8) is 0 Å². The van der Waals surface area contributed by atoms with Crippen LogP contribution in [-0.4, -0.2) is 72.7 Å². The van der Waals surface area contributed by atoms with Crippen LogP contribution in [0, 0.1) is 0 Å². The monoisotopic (exact) mass is 528 g/mol. The number of rotatable bonds is 8. The highest BCUT2D eigenvalue weighted by atomic mass is 32.2. The molecule has 3 aromatic rings. The summed E-state index contributed by atoms with van der Waals surface area (Å²) in [5, 5.41) is 7.20. The van der Waals surface area contributed by atoms with E-state index in [0.29, 0.717) is 36.5 Å². The third-order valence-electron chi connectivity index (χ3n) is 6.29. The zero-order chi connectivity index (χ0) is 25.0. The molecule has 0 bridgehead atoms. The first-order chi connectivity index (χ1) is 16.6. The molecule has 5 rings (SSSR count). The minimum atomic E-state index is -3.86. The molecule has 0 spiro atoms. The topological polar surface area (TPSA) is 111 Å². The van der Waals surface area contributed by atoms with Gasteiger partial charge in [0.2, 0.25) is 15.2 Å². The summed E-state index contributed by atoms with van der Waals surface area (Å²) in [6, 6.07) is 3.06. The quantitative estimate of drug-likeness (QED) is 0.475. The number of aromatic nitrogens is 4. The maximum Gasteiger partial charge on any atom is 0.291 e. The van der Waals surface area contributed by atoms with Crippen molar-refractivity contribution in [2.45, 2.75) is 55.7 Å². The van der Waals surface area contributed by atoms with E-state index in [0.717, 1.165) is 24.2 Å². The zero-order valence-electron chi connectivity index (χ0n) is 19.4. The summed E-state index contributed by atoms with van der Waals surface area (Å²) in [6.45, 7) is 5.13. The van der Waals surface area contributed by atoms with E-state index < -0.39 is 27.0 Å². The van der Waals surface area contributed by atoms with Gasteiger partial charge < -0.3 is 14.4 Å². The first-order valence-corrected chi connectivity index (χ1v) is 13.4. The Bertz CT molecular complexity index is 1340. The number of methoxy groups -OCH3 is 1. The van der Waals surface area contributed by atoms with E-state index in [4.69, 9.17) is 9.47 Å². The number of benzene rings is 1. The fraction of sp³-hybridized carbons (Fsp3) is 0.571. The predicted octanol–water partition coefficient (Wildman–Crippen LogP) is 2.89. The Labute approximate surface area is 205 Å². The molecule has 1 saturated heterocycles. The van der Waals surface area contributed by atoms with Crippen molar-refractivity contribution in [1.29, 1.82) is 0 Å². The number of hydrogen-bond donors (Lipinski definition) is 1. The normalized spacial score (nSPS) is 22.3. The van der Waals surface area contributed by atoms with Gasteiger partial charge in [-0.3, -0.25) is 4.57 Å². The summed E-state index contributed by atoms with van der Waals surface area (Å²) >= 11 is 0.731.